The Morgan fingerprint density at radius 2 is 1.74 bits per heavy atom. The van der Waals surface area contributed by atoms with Gasteiger partial charge >= 0.3 is 5.97 Å². The van der Waals surface area contributed by atoms with Crippen LogP contribution in [0.4, 0.5) is 0 Å². The van der Waals surface area contributed by atoms with E-state index in [4.69, 9.17) is 0 Å². The van der Waals surface area contributed by atoms with Crippen LogP contribution < -0.4 is 10.6 Å². The molecule has 0 spiro atoms. The van der Waals surface area contributed by atoms with E-state index in [0.29, 0.717) is 6.42 Å². The number of carbonyl (C=O) groups is 3. The van der Waals surface area contributed by atoms with Crippen LogP contribution in [0.3, 0.4) is 0 Å². The fraction of sp³-hybridized carbons (Fsp3) is 0.850. The third-order valence-electron chi connectivity index (χ3n) is 7.12. The third kappa shape index (κ3) is 4.88. The quantitative estimate of drug-likeness (QED) is 0.472. The molecule has 0 aromatic carbocycles. The minimum Gasteiger partial charge on any atom is -0.481 e. The summed E-state index contributed by atoms with van der Waals surface area (Å²) in [7, 11) is -1.92. The summed E-state index contributed by atoms with van der Waals surface area (Å²) in [5.41, 5.74) is 0. The molecule has 0 aromatic rings. The summed E-state index contributed by atoms with van der Waals surface area (Å²) in [6.07, 6.45) is 6.18. The van der Waals surface area contributed by atoms with Gasteiger partial charge in [0, 0.05) is 19.1 Å². The normalized spacial score (nSPS) is 29.4. The van der Waals surface area contributed by atoms with Crippen LogP contribution in [0.25, 0.3) is 0 Å². The molecule has 3 N–H and O–H groups in total. The second-order valence-electron chi connectivity index (χ2n) is 9.05. The van der Waals surface area contributed by atoms with Gasteiger partial charge in [-0.1, -0.05) is 19.3 Å². The van der Waals surface area contributed by atoms with Crippen molar-refractivity contribution in [2.75, 3.05) is 26.4 Å². The Hall–Kier alpha value is -1.72. The number of rotatable bonds is 7. The molecule has 3 rings (SSSR count). The van der Waals surface area contributed by atoms with E-state index in [1.165, 1.54) is 9.21 Å². The molecule has 1 saturated carbocycles. The Morgan fingerprint density at radius 1 is 1.10 bits per heavy atom. The van der Waals surface area contributed by atoms with Gasteiger partial charge in [0.1, 0.15) is 6.04 Å². The lowest BCUT2D eigenvalue weighted by Crippen LogP contribution is -2.58. The number of likely N-dealkylation sites (tertiary alicyclic amines) is 1. The number of hydrogen-bond acceptors (Lipinski definition) is 6. The van der Waals surface area contributed by atoms with Gasteiger partial charge in [0.2, 0.25) is 21.8 Å². The van der Waals surface area contributed by atoms with Crippen LogP contribution in [0.15, 0.2) is 0 Å². The number of fused-ring (bicyclic) bond motifs is 1. The molecule has 0 bridgehead atoms. The maximum absolute atomic E-state index is 13.7. The van der Waals surface area contributed by atoms with Gasteiger partial charge in [-0.05, 0) is 39.2 Å². The molecule has 0 radical (unpaired) electrons. The Balaban J connectivity index is 1.88. The smallest absolute Gasteiger partial charge is 0.310 e. The van der Waals surface area contributed by atoms with Crippen LogP contribution in [0.2, 0.25) is 0 Å². The van der Waals surface area contributed by atoms with Gasteiger partial charge in [-0.25, -0.2) is 8.42 Å². The number of nitrogens with one attached hydrogen (secondary N) is 2. The highest BCUT2D eigenvalue weighted by Gasteiger charge is 2.56. The first-order valence-corrected chi connectivity index (χ1v) is 12.9. The van der Waals surface area contributed by atoms with Crippen molar-refractivity contribution in [3.8, 4) is 0 Å². The SMILES string of the molecule is CNC(C)C(=O)NC(C(=O)N1CCC2C1C(C(=O)O)CN2S(C)(=O)=O)C1CCCCC1. The summed E-state index contributed by atoms with van der Waals surface area (Å²) in [5.74, 6) is -2.67. The molecular weight excluding hydrogens is 424 g/mol. The van der Waals surface area contributed by atoms with Crippen LogP contribution in [-0.4, -0.2) is 91.1 Å². The van der Waals surface area contributed by atoms with Crippen molar-refractivity contribution in [3.05, 3.63) is 0 Å². The van der Waals surface area contributed by atoms with E-state index >= 15 is 0 Å². The van der Waals surface area contributed by atoms with Crippen molar-refractivity contribution in [2.24, 2.45) is 11.8 Å². The minimum absolute atomic E-state index is 0.0102. The lowest BCUT2D eigenvalue weighted by atomic mass is 9.83. The number of likely N-dealkylation sites (N-methyl/N-ethyl adjacent to an activating group) is 1. The third-order valence-corrected chi connectivity index (χ3v) is 8.39. The highest BCUT2D eigenvalue weighted by atomic mass is 32.2. The van der Waals surface area contributed by atoms with E-state index in [0.717, 1.165) is 38.4 Å². The predicted molar refractivity (Wildman–Crippen MR) is 114 cm³/mol. The van der Waals surface area contributed by atoms with Gasteiger partial charge in [-0.2, -0.15) is 4.31 Å². The molecule has 5 unspecified atom stereocenters. The molecule has 2 aliphatic heterocycles. The highest BCUT2D eigenvalue weighted by Crippen LogP contribution is 2.38. The molecule has 31 heavy (non-hydrogen) atoms. The van der Waals surface area contributed by atoms with Crippen molar-refractivity contribution >= 4 is 27.8 Å². The summed E-state index contributed by atoms with van der Waals surface area (Å²) in [6, 6.07) is -2.46. The number of aliphatic carboxylic acids is 1. The van der Waals surface area contributed by atoms with Crippen molar-refractivity contribution in [1.82, 2.24) is 19.8 Å². The first-order chi connectivity index (χ1) is 14.6. The van der Waals surface area contributed by atoms with E-state index in [2.05, 4.69) is 10.6 Å². The number of amides is 2. The Labute approximate surface area is 183 Å². The standard InChI is InChI=1S/C20H34N4O6S/c1-12(21-2)18(25)22-16(13-7-5-4-6-8-13)19(26)23-10-9-15-17(23)14(20(27)28)11-24(15)31(3,29)30/h12-17,21H,4-11H2,1-3H3,(H,22,25)(H,27,28). The molecule has 10 nitrogen and oxygen atoms in total. The maximum atomic E-state index is 13.7. The van der Waals surface area contributed by atoms with Gasteiger partial charge in [-0.3, -0.25) is 14.4 Å². The Kier molecular flexibility index (Phi) is 7.27. The largest absolute Gasteiger partial charge is 0.481 e. The van der Waals surface area contributed by atoms with Crippen molar-refractivity contribution in [2.45, 2.75) is 69.6 Å². The monoisotopic (exact) mass is 458 g/mol. The fourth-order valence-electron chi connectivity index (χ4n) is 5.34. The number of carboxylic acids is 1. The molecule has 1 aliphatic carbocycles. The van der Waals surface area contributed by atoms with Crippen LogP contribution in [0.1, 0.15) is 45.4 Å². The highest BCUT2D eigenvalue weighted by molar-refractivity contribution is 7.88. The van der Waals surface area contributed by atoms with Crippen molar-refractivity contribution < 1.29 is 27.9 Å². The summed E-state index contributed by atoms with van der Waals surface area (Å²) in [4.78, 5) is 39.7. The average Bonchev–Trinajstić information content (AvgIpc) is 3.31. The van der Waals surface area contributed by atoms with E-state index in [1.54, 1.807) is 14.0 Å². The van der Waals surface area contributed by atoms with Crippen molar-refractivity contribution in [1.29, 1.82) is 0 Å². The number of hydrogen-bond donors (Lipinski definition) is 3. The van der Waals surface area contributed by atoms with E-state index in [1.807, 2.05) is 0 Å². The molecule has 3 aliphatic rings. The second kappa shape index (κ2) is 9.41. The lowest BCUT2D eigenvalue weighted by molar-refractivity contribution is -0.146. The molecule has 11 heteroatoms. The van der Waals surface area contributed by atoms with Gasteiger partial charge in [0.05, 0.1) is 24.3 Å². The first-order valence-electron chi connectivity index (χ1n) is 11.0. The molecule has 2 heterocycles. The topological polar surface area (TPSA) is 136 Å². The average molecular weight is 459 g/mol. The number of carbonyl (C=O) groups excluding carboxylic acids is 2. The zero-order valence-corrected chi connectivity index (χ0v) is 19.2. The van der Waals surface area contributed by atoms with Gasteiger partial charge in [0.25, 0.3) is 0 Å². The van der Waals surface area contributed by atoms with Gasteiger partial charge in [-0.15, -0.1) is 0 Å². The number of sulfonamides is 1. The molecule has 2 amide bonds. The second-order valence-corrected chi connectivity index (χ2v) is 11.0. The molecule has 176 valence electrons. The summed E-state index contributed by atoms with van der Waals surface area (Å²) in [6.45, 7) is 1.86. The summed E-state index contributed by atoms with van der Waals surface area (Å²) in [5, 5.41) is 15.5. The van der Waals surface area contributed by atoms with Gasteiger partial charge in [0.15, 0.2) is 0 Å². The molecule has 3 fully saturated rings. The molecular formula is C20H34N4O6S. The van der Waals surface area contributed by atoms with E-state index in [9.17, 15) is 27.9 Å². The summed E-state index contributed by atoms with van der Waals surface area (Å²) < 4.78 is 25.7. The zero-order valence-electron chi connectivity index (χ0n) is 18.4. The lowest BCUT2D eigenvalue weighted by Gasteiger charge is -2.36. The Bertz CT molecular complexity index is 812. The Morgan fingerprint density at radius 3 is 2.29 bits per heavy atom. The molecule has 5 atom stereocenters. The van der Waals surface area contributed by atoms with E-state index < -0.39 is 46.1 Å². The van der Waals surface area contributed by atoms with Crippen LogP contribution in [0.5, 0.6) is 0 Å². The first kappa shape index (κ1) is 23.9. The molecule has 0 aromatic heterocycles. The predicted octanol–water partition coefficient (Wildman–Crippen LogP) is -0.395. The van der Waals surface area contributed by atoms with Gasteiger partial charge < -0.3 is 20.6 Å². The maximum Gasteiger partial charge on any atom is 0.310 e. The van der Waals surface area contributed by atoms with E-state index in [-0.39, 0.29) is 30.8 Å². The number of carboxylic acid groups (broad SMARTS) is 1. The van der Waals surface area contributed by atoms with Crippen LogP contribution in [-0.2, 0) is 24.4 Å². The zero-order chi connectivity index (χ0) is 22.9. The minimum atomic E-state index is -3.59. The van der Waals surface area contributed by atoms with Crippen LogP contribution in [0, 0.1) is 11.8 Å². The number of nitrogens with zero attached hydrogens (tertiary/aromatic N) is 2. The fourth-order valence-corrected chi connectivity index (χ4v) is 6.49. The van der Waals surface area contributed by atoms with Crippen LogP contribution >= 0.6 is 0 Å². The summed E-state index contributed by atoms with van der Waals surface area (Å²) >= 11 is 0. The molecule has 2 saturated heterocycles. The van der Waals surface area contributed by atoms with Crippen molar-refractivity contribution in [3.63, 3.8) is 0 Å².